The van der Waals surface area contributed by atoms with E-state index in [0.717, 1.165) is 43.7 Å². The van der Waals surface area contributed by atoms with Gasteiger partial charge in [0.15, 0.2) is 11.5 Å². The molecule has 1 N–H and O–H groups in total. The molecule has 1 aromatic heterocycles. The topological polar surface area (TPSA) is 63.8 Å². The number of ether oxygens (including phenoxy) is 3. The van der Waals surface area contributed by atoms with Gasteiger partial charge in [0, 0.05) is 29.7 Å². The third kappa shape index (κ3) is 4.39. The molecule has 2 aromatic carbocycles. The van der Waals surface area contributed by atoms with Crippen LogP contribution in [0.1, 0.15) is 35.6 Å². The van der Waals surface area contributed by atoms with Crippen LogP contribution in [0.2, 0.25) is 0 Å². The standard InChI is InChI=1S/C25H30N2O4/c1-29-23-13-17-11-12-27(16-25(28)31-3)22(20(17)14-24(23)30-2)10-6-7-18-15-26-21-9-5-4-8-19(18)21/h4-5,8-9,13-15,22,26H,6-7,10-12,16H2,1-3H3. The molecule has 1 unspecified atom stereocenters. The Morgan fingerprint density at radius 1 is 1.13 bits per heavy atom. The number of aromatic nitrogens is 1. The van der Waals surface area contributed by atoms with Crippen molar-refractivity contribution in [1.29, 1.82) is 0 Å². The fraction of sp³-hybridized carbons (Fsp3) is 0.400. The van der Waals surface area contributed by atoms with E-state index in [4.69, 9.17) is 14.2 Å². The second-order valence-corrected chi connectivity index (χ2v) is 7.97. The van der Waals surface area contributed by atoms with Crippen LogP contribution in [0.3, 0.4) is 0 Å². The van der Waals surface area contributed by atoms with Gasteiger partial charge in [-0.3, -0.25) is 9.69 Å². The van der Waals surface area contributed by atoms with Gasteiger partial charge in [-0.2, -0.15) is 0 Å². The molecule has 6 heteroatoms. The Morgan fingerprint density at radius 2 is 1.90 bits per heavy atom. The highest BCUT2D eigenvalue weighted by atomic mass is 16.5. The third-order valence-electron chi connectivity index (χ3n) is 6.27. The molecule has 0 fully saturated rings. The Bertz CT molecular complexity index is 1060. The normalized spacial score (nSPS) is 16.2. The lowest BCUT2D eigenvalue weighted by Crippen LogP contribution is -2.39. The van der Waals surface area contributed by atoms with Crippen LogP contribution < -0.4 is 9.47 Å². The summed E-state index contributed by atoms with van der Waals surface area (Å²) >= 11 is 0. The van der Waals surface area contributed by atoms with E-state index in [1.807, 2.05) is 6.07 Å². The highest BCUT2D eigenvalue weighted by Crippen LogP contribution is 2.40. The first-order valence-electron chi connectivity index (χ1n) is 10.7. The van der Waals surface area contributed by atoms with Crippen molar-refractivity contribution in [1.82, 2.24) is 9.88 Å². The fourth-order valence-corrected chi connectivity index (χ4v) is 4.66. The minimum Gasteiger partial charge on any atom is -0.493 e. The van der Waals surface area contributed by atoms with Gasteiger partial charge in [-0.05, 0) is 60.6 Å². The zero-order chi connectivity index (χ0) is 21.8. The number of benzene rings is 2. The predicted molar refractivity (Wildman–Crippen MR) is 121 cm³/mol. The summed E-state index contributed by atoms with van der Waals surface area (Å²) in [6.07, 6.45) is 5.91. The monoisotopic (exact) mass is 422 g/mol. The zero-order valence-corrected chi connectivity index (χ0v) is 18.4. The first-order chi connectivity index (χ1) is 15.1. The number of hydrogen-bond donors (Lipinski definition) is 1. The van der Waals surface area contributed by atoms with E-state index in [1.165, 1.54) is 34.7 Å². The number of aryl methyl sites for hydroxylation is 1. The number of nitrogens with one attached hydrogen (secondary N) is 1. The lowest BCUT2D eigenvalue weighted by Gasteiger charge is -2.37. The van der Waals surface area contributed by atoms with Gasteiger partial charge in [0.2, 0.25) is 0 Å². The third-order valence-corrected chi connectivity index (χ3v) is 6.27. The highest BCUT2D eigenvalue weighted by molar-refractivity contribution is 5.83. The van der Waals surface area contributed by atoms with Gasteiger partial charge in [-0.25, -0.2) is 0 Å². The fourth-order valence-electron chi connectivity index (χ4n) is 4.66. The van der Waals surface area contributed by atoms with Gasteiger partial charge < -0.3 is 19.2 Å². The number of fused-ring (bicyclic) bond motifs is 2. The van der Waals surface area contributed by atoms with Crippen molar-refractivity contribution in [3.63, 3.8) is 0 Å². The molecule has 4 rings (SSSR count). The van der Waals surface area contributed by atoms with Crippen LogP contribution in [0.4, 0.5) is 0 Å². The SMILES string of the molecule is COC(=O)CN1CCc2cc(OC)c(OC)cc2C1CCCc1c[nH]c2ccccc12. The van der Waals surface area contributed by atoms with E-state index < -0.39 is 0 Å². The van der Waals surface area contributed by atoms with Crippen molar-refractivity contribution in [3.8, 4) is 11.5 Å². The minimum absolute atomic E-state index is 0.132. The van der Waals surface area contributed by atoms with Crippen LogP contribution in [-0.2, 0) is 22.4 Å². The Kier molecular flexibility index (Phi) is 6.47. The summed E-state index contributed by atoms with van der Waals surface area (Å²) in [5.41, 5.74) is 4.98. The van der Waals surface area contributed by atoms with Crippen molar-refractivity contribution in [2.24, 2.45) is 0 Å². The Balaban J connectivity index is 1.57. The number of hydrogen-bond acceptors (Lipinski definition) is 5. The molecule has 0 radical (unpaired) electrons. The largest absolute Gasteiger partial charge is 0.493 e. The summed E-state index contributed by atoms with van der Waals surface area (Å²) in [4.78, 5) is 17.6. The number of nitrogens with zero attached hydrogens (tertiary/aromatic N) is 1. The maximum absolute atomic E-state index is 12.1. The molecular weight excluding hydrogens is 392 g/mol. The van der Waals surface area contributed by atoms with Crippen molar-refractivity contribution in [2.75, 3.05) is 34.4 Å². The predicted octanol–water partition coefficient (Wildman–Crippen LogP) is 4.28. The number of methoxy groups -OCH3 is 3. The van der Waals surface area contributed by atoms with Gasteiger partial charge in [-0.1, -0.05) is 18.2 Å². The van der Waals surface area contributed by atoms with Crippen molar-refractivity contribution >= 4 is 16.9 Å². The smallest absolute Gasteiger partial charge is 0.319 e. The summed E-state index contributed by atoms with van der Waals surface area (Å²) in [5.74, 6) is 1.27. The van der Waals surface area contributed by atoms with E-state index in [0.29, 0.717) is 6.54 Å². The quantitative estimate of drug-likeness (QED) is 0.549. The first kappa shape index (κ1) is 21.2. The summed E-state index contributed by atoms with van der Waals surface area (Å²) in [7, 11) is 4.76. The summed E-state index contributed by atoms with van der Waals surface area (Å²) in [6.45, 7) is 1.11. The van der Waals surface area contributed by atoms with Gasteiger partial charge >= 0.3 is 5.97 Å². The molecule has 1 aliphatic rings. The number of esters is 1. The Morgan fingerprint density at radius 3 is 2.68 bits per heavy atom. The number of carbonyl (C=O) groups excluding carboxylic acids is 1. The van der Waals surface area contributed by atoms with Crippen LogP contribution in [0.25, 0.3) is 10.9 Å². The van der Waals surface area contributed by atoms with Gasteiger partial charge in [0.05, 0.1) is 27.9 Å². The maximum atomic E-state index is 12.1. The van der Waals surface area contributed by atoms with E-state index in [1.54, 1.807) is 14.2 Å². The molecule has 31 heavy (non-hydrogen) atoms. The molecule has 164 valence electrons. The van der Waals surface area contributed by atoms with E-state index >= 15 is 0 Å². The van der Waals surface area contributed by atoms with Crippen LogP contribution >= 0.6 is 0 Å². The van der Waals surface area contributed by atoms with E-state index in [2.05, 4.69) is 46.4 Å². The first-order valence-corrected chi connectivity index (χ1v) is 10.7. The summed E-state index contributed by atoms with van der Waals surface area (Å²) < 4.78 is 16.0. The number of carbonyl (C=O) groups is 1. The summed E-state index contributed by atoms with van der Waals surface area (Å²) in [6, 6.07) is 12.7. The zero-order valence-electron chi connectivity index (χ0n) is 18.4. The van der Waals surface area contributed by atoms with Crippen LogP contribution in [-0.4, -0.2) is 50.3 Å². The lowest BCUT2D eigenvalue weighted by molar-refractivity contribution is -0.142. The van der Waals surface area contributed by atoms with E-state index in [-0.39, 0.29) is 12.0 Å². The second-order valence-electron chi connectivity index (χ2n) is 7.97. The van der Waals surface area contributed by atoms with E-state index in [9.17, 15) is 4.79 Å². The number of rotatable bonds is 8. The Hall–Kier alpha value is -2.99. The molecule has 0 saturated heterocycles. The minimum atomic E-state index is -0.203. The van der Waals surface area contributed by atoms with Crippen molar-refractivity contribution < 1.29 is 19.0 Å². The molecule has 0 spiro atoms. The number of para-hydroxylation sites is 1. The molecule has 1 atom stereocenters. The average molecular weight is 423 g/mol. The second kappa shape index (κ2) is 9.43. The molecule has 3 aromatic rings. The lowest BCUT2D eigenvalue weighted by atomic mass is 9.88. The van der Waals surface area contributed by atoms with Crippen LogP contribution in [0.15, 0.2) is 42.6 Å². The van der Waals surface area contributed by atoms with Gasteiger partial charge in [0.1, 0.15) is 0 Å². The summed E-state index contributed by atoms with van der Waals surface area (Å²) in [5, 5.41) is 1.28. The molecular formula is C25H30N2O4. The molecule has 0 aliphatic carbocycles. The Labute approximate surface area is 183 Å². The van der Waals surface area contributed by atoms with Crippen LogP contribution in [0, 0.1) is 0 Å². The number of aromatic amines is 1. The number of H-pyrrole nitrogens is 1. The average Bonchev–Trinajstić information content (AvgIpc) is 3.22. The molecule has 0 bridgehead atoms. The molecule has 2 heterocycles. The van der Waals surface area contributed by atoms with Crippen molar-refractivity contribution in [3.05, 3.63) is 59.3 Å². The molecule has 6 nitrogen and oxygen atoms in total. The van der Waals surface area contributed by atoms with Gasteiger partial charge in [0.25, 0.3) is 0 Å². The molecule has 1 aliphatic heterocycles. The molecule has 0 saturated carbocycles. The maximum Gasteiger partial charge on any atom is 0.319 e. The highest BCUT2D eigenvalue weighted by Gasteiger charge is 2.30. The molecule has 0 amide bonds. The van der Waals surface area contributed by atoms with Crippen molar-refractivity contribution in [2.45, 2.75) is 31.7 Å². The van der Waals surface area contributed by atoms with Crippen LogP contribution in [0.5, 0.6) is 11.5 Å². The van der Waals surface area contributed by atoms with Gasteiger partial charge in [-0.15, -0.1) is 0 Å².